The van der Waals surface area contributed by atoms with Crippen LogP contribution >= 0.6 is 11.6 Å². The molecule has 1 heterocycles. The smallest absolute Gasteiger partial charge is 0.329 e. The summed E-state index contributed by atoms with van der Waals surface area (Å²) in [6, 6.07) is 0. The Hall–Kier alpha value is -1.43. The van der Waals surface area contributed by atoms with E-state index in [0.29, 0.717) is 12.4 Å². The van der Waals surface area contributed by atoms with Crippen LogP contribution in [0.2, 0.25) is 5.28 Å². The van der Waals surface area contributed by atoms with Crippen molar-refractivity contribution in [2.24, 2.45) is 0 Å². The zero-order chi connectivity index (χ0) is 12.8. The van der Waals surface area contributed by atoms with Crippen molar-refractivity contribution in [3.8, 4) is 0 Å². The summed E-state index contributed by atoms with van der Waals surface area (Å²) in [6.07, 6.45) is 3.12. The highest BCUT2D eigenvalue weighted by Crippen LogP contribution is 2.26. The Kier molecular flexibility index (Phi) is 5.09. The Morgan fingerprint density at radius 1 is 1.53 bits per heavy atom. The summed E-state index contributed by atoms with van der Waals surface area (Å²) in [5.74, 6) is 0.297. The molecule has 0 aliphatic heterocycles. The Morgan fingerprint density at radius 2 is 2.24 bits per heavy atom. The van der Waals surface area contributed by atoms with E-state index in [1.165, 1.54) is 0 Å². The summed E-state index contributed by atoms with van der Waals surface area (Å²) >= 11 is 5.69. The van der Waals surface area contributed by atoms with Crippen molar-refractivity contribution in [1.29, 1.82) is 0 Å². The highest BCUT2D eigenvalue weighted by molar-refractivity contribution is 6.28. The minimum Gasteiger partial charge on any atom is -0.351 e. The van der Waals surface area contributed by atoms with E-state index in [2.05, 4.69) is 16.9 Å². The maximum absolute atomic E-state index is 10.9. The summed E-state index contributed by atoms with van der Waals surface area (Å²) in [4.78, 5) is 19.8. The minimum atomic E-state index is -0.486. The fraction of sp³-hybridized carbons (Fsp3) is 0.600. The molecule has 0 bridgehead atoms. The number of anilines is 1. The molecule has 0 aromatic carbocycles. The van der Waals surface area contributed by atoms with Crippen LogP contribution in [-0.2, 0) is 0 Å². The third-order valence-electron chi connectivity index (χ3n) is 2.38. The zero-order valence-corrected chi connectivity index (χ0v) is 10.6. The second-order valence-electron chi connectivity index (χ2n) is 3.54. The van der Waals surface area contributed by atoms with Crippen molar-refractivity contribution < 1.29 is 4.92 Å². The van der Waals surface area contributed by atoms with E-state index in [0.717, 1.165) is 25.6 Å². The van der Waals surface area contributed by atoms with Crippen molar-refractivity contribution in [1.82, 2.24) is 9.97 Å². The molecule has 0 amide bonds. The van der Waals surface area contributed by atoms with E-state index < -0.39 is 4.92 Å². The number of aromatic nitrogens is 2. The predicted molar refractivity (Wildman–Crippen MR) is 66.5 cm³/mol. The van der Waals surface area contributed by atoms with E-state index in [-0.39, 0.29) is 11.0 Å². The molecule has 0 aliphatic carbocycles. The quantitative estimate of drug-likeness (QED) is 0.446. The number of hydrogen-bond donors (Lipinski definition) is 0. The predicted octanol–water partition coefficient (Wildman–Crippen LogP) is 2.66. The first-order chi connectivity index (χ1) is 8.10. The monoisotopic (exact) mass is 258 g/mol. The molecular weight excluding hydrogens is 244 g/mol. The molecule has 0 N–H and O–H groups in total. The van der Waals surface area contributed by atoms with Crippen molar-refractivity contribution >= 4 is 23.1 Å². The van der Waals surface area contributed by atoms with Gasteiger partial charge in [0.2, 0.25) is 11.1 Å². The fourth-order valence-corrected chi connectivity index (χ4v) is 1.60. The van der Waals surface area contributed by atoms with Gasteiger partial charge in [-0.1, -0.05) is 13.3 Å². The molecule has 0 saturated carbocycles. The molecule has 0 unspecified atom stereocenters. The SMILES string of the molecule is CCCCN(CC)c1nc(Cl)ncc1[N+](=O)[O-]. The first-order valence-electron chi connectivity index (χ1n) is 5.52. The Bertz CT molecular complexity index is 400. The van der Waals surface area contributed by atoms with Crippen LogP contribution < -0.4 is 4.90 Å². The summed E-state index contributed by atoms with van der Waals surface area (Å²) in [7, 11) is 0. The van der Waals surface area contributed by atoms with E-state index in [1.54, 1.807) is 0 Å². The second kappa shape index (κ2) is 6.34. The normalized spacial score (nSPS) is 10.3. The van der Waals surface area contributed by atoms with Gasteiger partial charge in [0.1, 0.15) is 6.20 Å². The molecule has 0 radical (unpaired) electrons. The number of nitrogens with zero attached hydrogens (tertiary/aromatic N) is 4. The largest absolute Gasteiger partial charge is 0.351 e. The van der Waals surface area contributed by atoms with Crippen LogP contribution in [0.4, 0.5) is 11.5 Å². The Balaban J connectivity index is 3.06. The first kappa shape index (κ1) is 13.6. The molecule has 1 aromatic rings. The maximum atomic E-state index is 10.9. The molecule has 0 aliphatic rings. The molecule has 94 valence electrons. The molecule has 6 nitrogen and oxygen atoms in total. The standard InChI is InChI=1S/C10H15ClN4O2/c1-3-5-6-14(4-2)9-8(15(16)17)7-12-10(11)13-9/h7H,3-6H2,1-2H3. The molecule has 7 heteroatoms. The number of rotatable bonds is 6. The van der Waals surface area contributed by atoms with E-state index >= 15 is 0 Å². The average molecular weight is 259 g/mol. The molecule has 0 spiro atoms. The number of nitro groups is 1. The summed E-state index contributed by atoms with van der Waals surface area (Å²) in [6.45, 7) is 5.36. The fourth-order valence-electron chi connectivity index (χ4n) is 1.47. The first-order valence-corrected chi connectivity index (χ1v) is 5.89. The van der Waals surface area contributed by atoms with Gasteiger partial charge < -0.3 is 4.90 Å². The molecular formula is C10H15ClN4O2. The minimum absolute atomic E-state index is 0.0283. The van der Waals surface area contributed by atoms with Gasteiger partial charge >= 0.3 is 5.69 Å². The third-order valence-corrected chi connectivity index (χ3v) is 2.56. The molecule has 0 saturated heterocycles. The second-order valence-corrected chi connectivity index (χ2v) is 3.88. The summed E-state index contributed by atoms with van der Waals surface area (Å²) < 4.78 is 0. The zero-order valence-electron chi connectivity index (χ0n) is 9.89. The van der Waals surface area contributed by atoms with Crippen molar-refractivity contribution in [3.63, 3.8) is 0 Å². The highest BCUT2D eigenvalue weighted by atomic mass is 35.5. The lowest BCUT2D eigenvalue weighted by Gasteiger charge is -2.20. The third kappa shape index (κ3) is 3.52. The molecule has 17 heavy (non-hydrogen) atoms. The topological polar surface area (TPSA) is 72.2 Å². The van der Waals surface area contributed by atoms with Gasteiger partial charge in [0.05, 0.1) is 4.92 Å². The Labute approximate surface area is 105 Å². The van der Waals surface area contributed by atoms with Gasteiger partial charge in [-0.25, -0.2) is 4.98 Å². The van der Waals surface area contributed by atoms with E-state index in [9.17, 15) is 10.1 Å². The van der Waals surface area contributed by atoms with Gasteiger partial charge in [0.25, 0.3) is 0 Å². The summed E-state index contributed by atoms with van der Waals surface area (Å²) in [5.41, 5.74) is -0.104. The van der Waals surface area contributed by atoms with Gasteiger partial charge in [-0.3, -0.25) is 10.1 Å². The van der Waals surface area contributed by atoms with Gasteiger partial charge in [0, 0.05) is 13.1 Å². The molecule has 0 fully saturated rings. The lowest BCUT2D eigenvalue weighted by Crippen LogP contribution is -2.26. The van der Waals surface area contributed by atoms with Crippen molar-refractivity contribution in [2.75, 3.05) is 18.0 Å². The van der Waals surface area contributed by atoms with Crippen LogP contribution in [0.3, 0.4) is 0 Å². The molecule has 0 atom stereocenters. The van der Waals surface area contributed by atoms with Crippen LogP contribution in [0.5, 0.6) is 0 Å². The van der Waals surface area contributed by atoms with Crippen LogP contribution in [0.25, 0.3) is 0 Å². The van der Waals surface area contributed by atoms with Crippen LogP contribution in [0.15, 0.2) is 6.20 Å². The van der Waals surface area contributed by atoms with Crippen molar-refractivity contribution in [2.45, 2.75) is 26.7 Å². The maximum Gasteiger partial charge on any atom is 0.329 e. The van der Waals surface area contributed by atoms with Crippen LogP contribution in [0.1, 0.15) is 26.7 Å². The number of unbranched alkanes of at least 4 members (excludes halogenated alkanes) is 1. The summed E-state index contributed by atoms with van der Waals surface area (Å²) in [5, 5.41) is 10.9. The van der Waals surface area contributed by atoms with E-state index in [4.69, 9.17) is 11.6 Å². The average Bonchev–Trinajstić information content (AvgIpc) is 2.29. The lowest BCUT2D eigenvalue weighted by molar-refractivity contribution is -0.384. The lowest BCUT2D eigenvalue weighted by atomic mass is 10.3. The van der Waals surface area contributed by atoms with Gasteiger partial charge in [-0.05, 0) is 24.9 Å². The van der Waals surface area contributed by atoms with Crippen molar-refractivity contribution in [3.05, 3.63) is 21.6 Å². The van der Waals surface area contributed by atoms with Crippen LogP contribution in [-0.4, -0.2) is 28.0 Å². The Morgan fingerprint density at radius 3 is 2.76 bits per heavy atom. The van der Waals surface area contributed by atoms with Gasteiger partial charge in [-0.2, -0.15) is 4.98 Å². The van der Waals surface area contributed by atoms with Crippen LogP contribution in [0, 0.1) is 10.1 Å². The molecule has 1 rings (SSSR count). The highest BCUT2D eigenvalue weighted by Gasteiger charge is 2.21. The molecule has 1 aromatic heterocycles. The van der Waals surface area contributed by atoms with Gasteiger partial charge in [-0.15, -0.1) is 0 Å². The number of halogens is 1. The van der Waals surface area contributed by atoms with E-state index in [1.807, 2.05) is 11.8 Å². The van der Waals surface area contributed by atoms with Gasteiger partial charge in [0.15, 0.2) is 0 Å². The number of hydrogen-bond acceptors (Lipinski definition) is 5.